The quantitative estimate of drug-likeness (QED) is 0.821. The molecule has 0 bridgehead atoms. The van der Waals surface area contributed by atoms with E-state index in [1.165, 1.54) is 31.4 Å². The van der Waals surface area contributed by atoms with Gasteiger partial charge in [0.2, 0.25) is 5.91 Å². The Morgan fingerprint density at radius 3 is 2.28 bits per heavy atom. The van der Waals surface area contributed by atoms with Gasteiger partial charge in [0.25, 0.3) is 0 Å². The van der Waals surface area contributed by atoms with Crippen LogP contribution in [0.3, 0.4) is 0 Å². The van der Waals surface area contributed by atoms with Crippen LogP contribution < -0.4 is 5.32 Å². The predicted molar refractivity (Wildman–Crippen MR) is 100.0 cm³/mol. The lowest BCUT2D eigenvalue weighted by Crippen LogP contribution is -2.56. The molecule has 5 heteroatoms. The summed E-state index contributed by atoms with van der Waals surface area (Å²) in [5, 5.41) is 3.19. The number of hydrogen-bond donors (Lipinski definition) is 1. The monoisotopic (exact) mass is 349 g/mol. The summed E-state index contributed by atoms with van der Waals surface area (Å²) in [6.07, 6.45) is 5.97. The second-order valence-electron chi connectivity index (χ2n) is 7.43. The molecule has 0 saturated heterocycles. The number of halogens is 1. The molecule has 25 heavy (non-hydrogen) atoms. The SMILES string of the molecule is CCN(C)C1(CNC(=O)C(c2ccc(F)cc2)N(C)C)CCCCC1. The number of benzene rings is 1. The molecule has 1 N–H and O–H groups in total. The molecule has 0 aliphatic heterocycles. The Morgan fingerprint density at radius 2 is 1.76 bits per heavy atom. The van der Waals surface area contributed by atoms with Crippen LogP contribution in [0.2, 0.25) is 0 Å². The van der Waals surface area contributed by atoms with Gasteiger partial charge in [-0.2, -0.15) is 0 Å². The maximum absolute atomic E-state index is 13.2. The Bertz CT molecular complexity index is 553. The number of likely N-dealkylation sites (N-methyl/N-ethyl adjacent to an activating group) is 2. The molecule has 1 aromatic rings. The topological polar surface area (TPSA) is 35.6 Å². The van der Waals surface area contributed by atoms with Crippen molar-refractivity contribution in [1.29, 1.82) is 0 Å². The summed E-state index contributed by atoms with van der Waals surface area (Å²) < 4.78 is 13.2. The summed E-state index contributed by atoms with van der Waals surface area (Å²) in [6, 6.07) is 5.79. The third kappa shape index (κ3) is 4.79. The van der Waals surface area contributed by atoms with Crippen molar-refractivity contribution >= 4 is 5.91 Å². The second kappa shape index (κ2) is 8.77. The fourth-order valence-electron chi connectivity index (χ4n) is 3.92. The minimum Gasteiger partial charge on any atom is -0.353 e. The number of rotatable bonds is 7. The third-order valence-corrected chi connectivity index (χ3v) is 5.61. The Kier molecular flexibility index (Phi) is 6.96. The molecule has 1 aliphatic carbocycles. The lowest BCUT2D eigenvalue weighted by Gasteiger charge is -2.45. The molecule has 1 saturated carbocycles. The molecule has 1 atom stereocenters. The first-order chi connectivity index (χ1) is 11.9. The molecule has 2 rings (SSSR count). The van der Waals surface area contributed by atoms with E-state index in [0.29, 0.717) is 6.54 Å². The maximum atomic E-state index is 13.2. The van der Waals surface area contributed by atoms with Crippen molar-refractivity contribution in [3.05, 3.63) is 35.6 Å². The van der Waals surface area contributed by atoms with E-state index in [-0.39, 0.29) is 17.3 Å². The van der Waals surface area contributed by atoms with Gasteiger partial charge in [-0.05, 0) is 58.2 Å². The van der Waals surface area contributed by atoms with Crippen LogP contribution in [-0.2, 0) is 4.79 Å². The van der Waals surface area contributed by atoms with E-state index in [1.807, 2.05) is 19.0 Å². The number of carbonyl (C=O) groups is 1. The highest BCUT2D eigenvalue weighted by molar-refractivity contribution is 5.83. The number of carbonyl (C=O) groups excluding carboxylic acids is 1. The molecular formula is C20H32FN3O. The molecule has 140 valence electrons. The summed E-state index contributed by atoms with van der Waals surface area (Å²) >= 11 is 0. The summed E-state index contributed by atoms with van der Waals surface area (Å²) in [5.41, 5.74) is 0.868. The van der Waals surface area contributed by atoms with Gasteiger partial charge in [-0.15, -0.1) is 0 Å². The van der Waals surface area contributed by atoms with Gasteiger partial charge in [0.15, 0.2) is 0 Å². The van der Waals surface area contributed by atoms with Gasteiger partial charge >= 0.3 is 0 Å². The Hall–Kier alpha value is -1.46. The molecule has 1 aliphatic rings. The molecule has 1 aromatic carbocycles. The molecule has 1 fully saturated rings. The Labute approximate surface area is 151 Å². The zero-order valence-electron chi connectivity index (χ0n) is 16.0. The summed E-state index contributed by atoms with van der Waals surface area (Å²) in [6.45, 7) is 3.81. The van der Waals surface area contributed by atoms with Gasteiger partial charge in [-0.1, -0.05) is 38.3 Å². The van der Waals surface area contributed by atoms with E-state index in [0.717, 1.165) is 24.9 Å². The lowest BCUT2D eigenvalue weighted by atomic mass is 9.80. The molecular weight excluding hydrogens is 317 g/mol. The molecule has 0 heterocycles. The molecule has 1 amide bonds. The van der Waals surface area contributed by atoms with Crippen molar-refractivity contribution in [2.24, 2.45) is 0 Å². The fraction of sp³-hybridized carbons (Fsp3) is 0.650. The van der Waals surface area contributed by atoms with Crippen molar-refractivity contribution < 1.29 is 9.18 Å². The van der Waals surface area contributed by atoms with Gasteiger partial charge in [0.05, 0.1) is 0 Å². The van der Waals surface area contributed by atoms with Crippen LogP contribution in [0.5, 0.6) is 0 Å². The minimum atomic E-state index is -0.409. The first kappa shape index (κ1) is 19.9. The van der Waals surface area contributed by atoms with Gasteiger partial charge in [-0.3, -0.25) is 14.6 Å². The van der Waals surface area contributed by atoms with Crippen molar-refractivity contribution in [1.82, 2.24) is 15.1 Å². The highest BCUT2D eigenvalue weighted by atomic mass is 19.1. The van der Waals surface area contributed by atoms with Gasteiger partial charge in [-0.25, -0.2) is 4.39 Å². The first-order valence-electron chi connectivity index (χ1n) is 9.30. The normalized spacial score (nSPS) is 18.4. The zero-order chi connectivity index (χ0) is 18.4. The molecule has 0 radical (unpaired) electrons. The van der Waals surface area contributed by atoms with E-state index < -0.39 is 6.04 Å². The van der Waals surface area contributed by atoms with Crippen LogP contribution in [0.15, 0.2) is 24.3 Å². The van der Waals surface area contributed by atoms with Crippen LogP contribution in [0.25, 0.3) is 0 Å². The largest absolute Gasteiger partial charge is 0.353 e. The van der Waals surface area contributed by atoms with Gasteiger partial charge < -0.3 is 5.32 Å². The Balaban J connectivity index is 2.10. The van der Waals surface area contributed by atoms with Crippen LogP contribution >= 0.6 is 0 Å². The Morgan fingerprint density at radius 1 is 1.16 bits per heavy atom. The van der Waals surface area contributed by atoms with Crippen molar-refractivity contribution in [2.75, 3.05) is 34.2 Å². The lowest BCUT2D eigenvalue weighted by molar-refractivity contribution is -0.126. The van der Waals surface area contributed by atoms with E-state index in [2.05, 4.69) is 24.2 Å². The number of amides is 1. The van der Waals surface area contributed by atoms with Crippen LogP contribution in [0.1, 0.15) is 50.6 Å². The van der Waals surface area contributed by atoms with E-state index in [4.69, 9.17) is 0 Å². The minimum absolute atomic E-state index is 0.0222. The van der Waals surface area contributed by atoms with Crippen molar-refractivity contribution in [3.8, 4) is 0 Å². The van der Waals surface area contributed by atoms with E-state index >= 15 is 0 Å². The average Bonchev–Trinajstić information content (AvgIpc) is 2.61. The van der Waals surface area contributed by atoms with E-state index in [9.17, 15) is 9.18 Å². The average molecular weight is 349 g/mol. The van der Waals surface area contributed by atoms with Gasteiger partial charge in [0.1, 0.15) is 11.9 Å². The molecule has 0 aromatic heterocycles. The molecule has 1 unspecified atom stereocenters. The van der Waals surface area contributed by atoms with Crippen molar-refractivity contribution in [3.63, 3.8) is 0 Å². The third-order valence-electron chi connectivity index (χ3n) is 5.61. The molecule has 0 spiro atoms. The predicted octanol–water partition coefficient (Wildman–Crippen LogP) is 3.20. The van der Waals surface area contributed by atoms with Crippen LogP contribution in [0.4, 0.5) is 4.39 Å². The van der Waals surface area contributed by atoms with E-state index in [1.54, 1.807) is 12.1 Å². The first-order valence-corrected chi connectivity index (χ1v) is 9.30. The van der Waals surface area contributed by atoms with Crippen LogP contribution in [-0.4, -0.2) is 55.5 Å². The van der Waals surface area contributed by atoms with Crippen LogP contribution in [0, 0.1) is 5.82 Å². The second-order valence-corrected chi connectivity index (χ2v) is 7.43. The number of hydrogen-bond acceptors (Lipinski definition) is 3. The van der Waals surface area contributed by atoms with Crippen molar-refractivity contribution in [2.45, 2.75) is 50.6 Å². The zero-order valence-corrected chi connectivity index (χ0v) is 16.0. The summed E-state index contributed by atoms with van der Waals surface area (Å²) in [4.78, 5) is 17.2. The number of nitrogens with one attached hydrogen (secondary N) is 1. The molecule has 4 nitrogen and oxygen atoms in total. The standard InChI is InChI=1S/C20H32FN3O/c1-5-24(4)20(13-7-6-8-14-20)15-22-19(25)18(23(2)3)16-9-11-17(21)12-10-16/h9-12,18H,5-8,13-15H2,1-4H3,(H,22,25). The summed E-state index contributed by atoms with van der Waals surface area (Å²) in [5.74, 6) is -0.307. The smallest absolute Gasteiger partial charge is 0.242 e. The van der Waals surface area contributed by atoms with Gasteiger partial charge in [0, 0.05) is 12.1 Å². The fourth-order valence-corrected chi connectivity index (χ4v) is 3.92. The highest BCUT2D eigenvalue weighted by Gasteiger charge is 2.36. The number of nitrogens with zero attached hydrogens (tertiary/aromatic N) is 2. The highest BCUT2D eigenvalue weighted by Crippen LogP contribution is 2.32. The summed E-state index contributed by atoms with van der Waals surface area (Å²) in [7, 11) is 5.91. The maximum Gasteiger partial charge on any atom is 0.242 e.